The predicted molar refractivity (Wildman–Crippen MR) is 93.8 cm³/mol. The van der Waals surface area contributed by atoms with E-state index in [-0.39, 0.29) is 5.91 Å². The summed E-state index contributed by atoms with van der Waals surface area (Å²) in [5.41, 5.74) is 0. The number of nitrogens with zero attached hydrogens (tertiary/aromatic N) is 1. The summed E-state index contributed by atoms with van der Waals surface area (Å²) in [4.78, 5) is 13.3. The summed E-state index contributed by atoms with van der Waals surface area (Å²) in [5, 5.41) is 39.1. The van der Waals surface area contributed by atoms with Crippen LogP contribution in [0, 0.1) is 0 Å². The number of carbonyl (C=O) groups excluding carboxylic acids is 1. The van der Waals surface area contributed by atoms with Crippen molar-refractivity contribution in [2.45, 2.75) is 95.9 Å². The summed E-state index contributed by atoms with van der Waals surface area (Å²) < 4.78 is 5.47. The van der Waals surface area contributed by atoms with Crippen LogP contribution in [0.3, 0.4) is 0 Å². The second-order valence-electron chi connectivity index (χ2n) is 6.91. The molecule has 25 heavy (non-hydrogen) atoms. The monoisotopic (exact) mass is 361 g/mol. The summed E-state index contributed by atoms with van der Waals surface area (Å²) >= 11 is 0. The third-order valence-corrected chi connectivity index (χ3v) is 4.83. The summed E-state index contributed by atoms with van der Waals surface area (Å²) in [7, 11) is 0. The van der Waals surface area contributed by atoms with Crippen LogP contribution in [0.5, 0.6) is 0 Å². The lowest BCUT2D eigenvalue weighted by molar-refractivity contribution is -0.262. The Bertz CT molecular complexity index is 379. The quantitative estimate of drug-likeness (QED) is 0.405. The Balaban J connectivity index is 2.46. The van der Waals surface area contributed by atoms with Crippen LogP contribution in [0.25, 0.3) is 0 Å². The van der Waals surface area contributed by atoms with Gasteiger partial charge < -0.3 is 30.1 Å². The summed E-state index contributed by atoms with van der Waals surface area (Å²) in [6, 6.07) is 0. The van der Waals surface area contributed by atoms with Crippen LogP contribution in [0.4, 0.5) is 0 Å². The van der Waals surface area contributed by atoms with Gasteiger partial charge >= 0.3 is 0 Å². The van der Waals surface area contributed by atoms with E-state index in [0.717, 1.165) is 19.3 Å². The zero-order valence-electron chi connectivity index (χ0n) is 15.5. The molecule has 0 aromatic heterocycles. The molecule has 1 unspecified atom stereocenters. The summed E-state index contributed by atoms with van der Waals surface area (Å²) in [5.74, 6) is -0.271. The Morgan fingerprint density at radius 3 is 2.00 bits per heavy atom. The van der Waals surface area contributed by atoms with Gasteiger partial charge in [0.2, 0.25) is 5.91 Å². The largest absolute Gasteiger partial charge is 0.394 e. The minimum atomic E-state index is -1.46. The molecule has 5 atom stereocenters. The lowest BCUT2D eigenvalue weighted by Crippen LogP contribution is -2.64. The molecule has 1 aliphatic heterocycles. The Morgan fingerprint density at radius 2 is 1.48 bits per heavy atom. The smallest absolute Gasteiger partial charge is 0.221 e. The van der Waals surface area contributed by atoms with Crippen LogP contribution in [-0.2, 0) is 9.53 Å². The van der Waals surface area contributed by atoms with Crippen LogP contribution in [0.1, 0.15) is 65.2 Å². The highest BCUT2D eigenvalue weighted by molar-refractivity contribution is 5.73. The van der Waals surface area contributed by atoms with Gasteiger partial charge in [-0.3, -0.25) is 4.79 Å². The molecule has 1 aliphatic rings. The number of carbonyl (C=O) groups is 1. The molecule has 7 heteroatoms. The Labute approximate surface area is 150 Å². The molecule has 1 heterocycles. The highest BCUT2D eigenvalue weighted by Gasteiger charge is 2.46. The Hall–Kier alpha value is -0.730. The second kappa shape index (κ2) is 11.8. The number of rotatable bonds is 11. The highest BCUT2D eigenvalue weighted by Crippen LogP contribution is 2.24. The summed E-state index contributed by atoms with van der Waals surface area (Å²) in [6.45, 7) is 3.49. The van der Waals surface area contributed by atoms with Crippen molar-refractivity contribution in [3.63, 3.8) is 0 Å². The molecule has 1 rings (SSSR count). The third-order valence-electron chi connectivity index (χ3n) is 4.83. The van der Waals surface area contributed by atoms with Crippen molar-refractivity contribution in [1.82, 2.24) is 4.90 Å². The van der Waals surface area contributed by atoms with Crippen molar-refractivity contribution in [2.24, 2.45) is 0 Å². The molecule has 7 nitrogen and oxygen atoms in total. The van der Waals surface area contributed by atoms with Gasteiger partial charge in [0.15, 0.2) is 6.23 Å². The molecule has 1 saturated heterocycles. The zero-order chi connectivity index (χ0) is 18.8. The topological polar surface area (TPSA) is 110 Å². The molecule has 0 aliphatic carbocycles. The van der Waals surface area contributed by atoms with Crippen molar-refractivity contribution >= 4 is 5.91 Å². The van der Waals surface area contributed by atoms with Crippen molar-refractivity contribution in [1.29, 1.82) is 0 Å². The van der Waals surface area contributed by atoms with E-state index in [2.05, 4.69) is 6.92 Å². The number of hydrogen-bond donors (Lipinski definition) is 4. The van der Waals surface area contributed by atoms with Gasteiger partial charge in [0.25, 0.3) is 0 Å². The molecule has 148 valence electrons. The predicted octanol–water partition coefficient (Wildman–Crippen LogP) is 0.775. The molecule has 1 fully saturated rings. The highest BCUT2D eigenvalue weighted by atomic mass is 16.6. The van der Waals surface area contributed by atoms with Gasteiger partial charge in [-0.2, -0.15) is 0 Å². The fourth-order valence-corrected chi connectivity index (χ4v) is 3.22. The number of aliphatic hydroxyl groups excluding tert-OH is 4. The second-order valence-corrected chi connectivity index (χ2v) is 6.91. The van der Waals surface area contributed by atoms with Crippen molar-refractivity contribution in [2.75, 3.05) is 13.2 Å². The van der Waals surface area contributed by atoms with E-state index in [1.54, 1.807) is 0 Å². The lowest BCUT2D eigenvalue weighted by atomic mass is 9.97. The maximum Gasteiger partial charge on any atom is 0.221 e. The molecule has 0 bridgehead atoms. The van der Waals surface area contributed by atoms with E-state index >= 15 is 0 Å². The van der Waals surface area contributed by atoms with E-state index in [1.165, 1.54) is 43.9 Å². The first-order valence-corrected chi connectivity index (χ1v) is 9.51. The first kappa shape index (κ1) is 22.3. The van der Waals surface area contributed by atoms with E-state index in [0.29, 0.717) is 6.54 Å². The van der Waals surface area contributed by atoms with Gasteiger partial charge in [-0.15, -0.1) is 0 Å². The van der Waals surface area contributed by atoms with Gasteiger partial charge in [-0.05, 0) is 6.42 Å². The van der Waals surface area contributed by atoms with Crippen LogP contribution >= 0.6 is 0 Å². The minimum Gasteiger partial charge on any atom is -0.394 e. The zero-order valence-corrected chi connectivity index (χ0v) is 15.5. The standard InChI is InChI=1S/C18H35NO6/c1-3-4-5-6-7-8-9-10-11-19(13(2)21)18-17(24)16(23)15(22)14(12-20)25-18/h14-18,20,22-24H,3-12H2,1-2H3/t14-,15-,16+,17-,18?/m1/s1. The number of aliphatic hydroxyl groups is 4. The molecule has 0 spiro atoms. The Kier molecular flexibility index (Phi) is 10.5. The molecule has 1 amide bonds. The first-order chi connectivity index (χ1) is 11.9. The van der Waals surface area contributed by atoms with Gasteiger partial charge in [0.1, 0.15) is 24.4 Å². The number of unbranched alkanes of at least 4 members (excludes halogenated alkanes) is 7. The maximum absolute atomic E-state index is 11.9. The molecule has 0 aromatic carbocycles. The molecule has 0 aromatic rings. The fourth-order valence-electron chi connectivity index (χ4n) is 3.22. The summed E-state index contributed by atoms with van der Waals surface area (Å²) in [6.07, 6.45) is 2.71. The number of ether oxygens (including phenoxy) is 1. The van der Waals surface area contributed by atoms with Crippen molar-refractivity contribution < 1.29 is 30.0 Å². The van der Waals surface area contributed by atoms with Gasteiger partial charge in [0, 0.05) is 13.5 Å². The lowest BCUT2D eigenvalue weighted by Gasteiger charge is -2.44. The van der Waals surface area contributed by atoms with E-state index in [4.69, 9.17) is 4.74 Å². The average molecular weight is 361 g/mol. The van der Waals surface area contributed by atoms with Crippen molar-refractivity contribution in [3.05, 3.63) is 0 Å². The fraction of sp³-hybridized carbons (Fsp3) is 0.944. The van der Waals surface area contributed by atoms with E-state index in [1.807, 2.05) is 0 Å². The van der Waals surface area contributed by atoms with Crippen molar-refractivity contribution in [3.8, 4) is 0 Å². The molecule has 4 N–H and O–H groups in total. The number of amides is 1. The van der Waals surface area contributed by atoms with Crippen LogP contribution in [0.2, 0.25) is 0 Å². The number of hydrogen-bond acceptors (Lipinski definition) is 6. The van der Waals surface area contributed by atoms with Gasteiger partial charge in [0.05, 0.1) is 6.61 Å². The normalized spacial score (nSPS) is 29.6. The minimum absolute atomic E-state index is 0.271. The third kappa shape index (κ3) is 6.83. The molecule has 0 saturated carbocycles. The van der Waals surface area contributed by atoms with Gasteiger partial charge in [-0.1, -0.05) is 51.9 Å². The SMILES string of the molecule is CCCCCCCCCCN(C(C)=O)C1O[C@H](CO)[C@@H](O)[C@H](O)[C@H]1O. The van der Waals surface area contributed by atoms with Gasteiger partial charge in [-0.25, -0.2) is 0 Å². The van der Waals surface area contributed by atoms with Crippen LogP contribution in [-0.4, -0.2) is 75.0 Å². The maximum atomic E-state index is 11.9. The average Bonchev–Trinajstić information content (AvgIpc) is 2.59. The van der Waals surface area contributed by atoms with E-state index in [9.17, 15) is 25.2 Å². The Morgan fingerprint density at radius 1 is 0.920 bits per heavy atom. The molecule has 0 radical (unpaired) electrons. The van der Waals surface area contributed by atoms with E-state index < -0.39 is 37.3 Å². The molecular weight excluding hydrogens is 326 g/mol. The van der Waals surface area contributed by atoms with Crippen LogP contribution in [0.15, 0.2) is 0 Å². The first-order valence-electron chi connectivity index (χ1n) is 9.51. The van der Waals surface area contributed by atoms with Crippen LogP contribution < -0.4 is 0 Å². The molecular formula is C18H35NO6.